The van der Waals surface area contributed by atoms with Crippen LogP contribution >= 0.6 is 11.8 Å². The average molecular weight is 379 g/mol. The van der Waals surface area contributed by atoms with E-state index in [4.69, 9.17) is 5.73 Å². The van der Waals surface area contributed by atoms with E-state index in [1.54, 1.807) is 11.8 Å². The van der Waals surface area contributed by atoms with Gasteiger partial charge in [-0.05, 0) is 42.2 Å². The first-order chi connectivity index (χ1) is 13.2. The van der Waals surface area contributed by atoms with Crippen molar-refractivity contribution in [1.29, 1.82) is 0 Å². The Morgan fingerprint density at radius 2 is 2.04 bits per heavy atom. The normalized spacial score (nSPS) is 16.4. The topological polar surface area (TPSA) is 83.3 Å². The molecule has 5 nitrogen and oxygen atoms in total. The van der Waals surface area contributed by atoms with E-state index < -0.39 is 0 Å². The molecule has 4 rings (SSSR count). The zero-order valence-corrected chi connectivity index (χ0v) is 15.8. The number of aliphatic imine (C=N–C) groups is 1. The number of benzene rings is 2. The number of nitrogens with two attached hydrogens (primary N) is 1. The van der Waals surface area contributed by atoms with Gasteiger partial charge in [0.1, 0.15) is 0 Å². The number of anilines is 1. The third-order valence-electron chi connectivity index (χ3n) is 4.78. The van der Waals surface area contributed by atoms with E-state index in [1.807, 2.05) is 42.6 Å². The number of H-pyrrole nitrogens is 1. The number of amides is 1. The minimum atomic E-state index is 0.0429. The largest absolute Gasteiger partial charge is 0.379 e. The lowest BCUT2D eigenvalue weighted by molar-refractivity contribution is -0.116. The summed E-state index contributed by atoms with van der Waals surface area (Å²) in [4.78, 5) is 19.9. The van der Waals surface area contributed by atoms with Crippen LogP contribution in [0.15, 0.2) is 59.7 Å². The number of para-hydroxylation sites is 1. The molecule has 1 amide bonds. The predicted molar refractivity (Wildman–Crippen MR) is 113 cm³/mol. The molecule has 27 heavy (non-hydrogen) atoms. The first kappa shape index (κ1) is 17.7. The molecule has 3 aromatic rings. The van der Waals surface area contributed by atoms with E-state index in [0.29, 0.717) is 11.6 Å². The summed E-state index contributed by atoms with van der Waals surface area (Å²) in [7, 11) is 0. The van der Waals surface area contributed by atoms with E-state index >= 15 is 0 Å². The number of amidine groups is 1. The second-order valence-electron chi connectivity index (χ2n) is 6.68. The lowest BCUT2D eigenvalue weighted by Crippen LogP contribution is -2.11. The molecule has 1 aromatic heterocycles. The van der Waals surface area contributed by atoms with Crippen molar-refractivity contribution in [3.05, 3.63) is 65.9 Å². The highest BCUT2D eigenvalue weighted by Crippen LogP contribution is 2.29. The summed E-state index contributed by atoms with van der Waals surface area (Å²) < 4.78 is 0. The summed E-state index contributed by atoms with van der Waals surface area (Å²) >= 11 is 1.58. The molecule has 0 saturated heterocycles. The number of carbonyl (C=O) groups is 1. The molecule has 0 spiro atoms. The van der Waals surface area contributed by atoms with Crippen LogP contribution in [0.4, 0.5) is 5.69 Å². The van der Waals surface area contributed by atoms with Crippen LogP contribution < -0.4 is 11.1 Å². The van der Waals surface area contributed by atoms with Crippen LogP contribution in [0, 0.1) is 0 Å². The van der Waals surface area contributed by atoms with E-state index in [2.05, 4.69) is 27.4 Å². The minimum absolute atomic E-state index is 0.0429. The summed E-state index contributed by atoms with van der Waals surface area (Å²) in [5.74, 6) is 0.923. The molecule has 2 heterocycles. The molecule has 1 aliphatic heterocycles. The van der Waals surface area contributed by atoms with Crippen LogP contribution in [0.25, 0.3) is 10.9 Å². The van der Waals surface area contributed by atoms with Crippen LogP contribution in [0.5, 0.6) is 0 Å². The molecular weight excluding hydrogens is 356 g/mol. The number of nitrogens with one attached hydrogen (secondary N) is 2. The zero-order chi connectivity index (χ0) is 18.6. The van der Waals surface area contributed by atoms with Crippen molar-refractivity contribution in [1.82, 2.24) is 4.98 Å². The standard InChI is InChI=1S/C21H22N4OS/c22-21-25-19(13-27-21)14-8-10-16(11-9-14)24-20(26)7-3-4-15-12-23-18-6-2-1-5-17(15)18/h1-2,5-6,8-12,19,23H,3-4,7,13H2,(H2,22,25)(H,24,26). The molecule has 0 bridgehead atoms. The first-order valence-corrected chi connectivity index (χ1v) is 10.1. The quantitative estimate of drug-likeness (QED) is 0.600. The second kappa shape index (κ2) is 7.88. The number of thioether (sulfide) groups is 1. The Morgan fingerprint density at radius 3 is 2.81 bits per heavy atom. The highest BCUT2D eigenvalue weighted by Gasteiger charge is 2.17. The van der Waals surface area contributed by atoms with Gasteiger partial charge >= 0.3 is 0 Å². The number of aryl methyl sites for hydroxylation is 1. The Kier molecular flexibility index (Phi) is 5.16. The van der Waals surface area contributed by atoms with Gasteiger partial charge in [-0.3, -0.25) is 9.79 Å². The van der Waals surface area contributed by atoms with Crippen molar-refractivity contribution in [2.75, 3.05) is 11.1 Å². The molecule has 0 aliphatic carbocycles. The molecule has 6 heteroatoms. The molecule has 0 fully saturated rings. The third kappa shape index (κ3) is 4.17. The Morgan fingerprint density at radius 1 is 1.22 bits per heavy atom. The predicted octanol–water partition coefficient (Wildman–Crippen LogP) is 4.23. The van der Waals surface area contributed by atoms with E-state index in [9.17, 15) is 4.79 Å². The number of aromatic amines is 1. The summed E-state index contributed by atoms with van der Waals surface area (Å²) in [6.07, 6.45) is 4.24. The smallest absolute Gasteiger partial charge is 0.224 e. The zero-order valence-electron chi connectivity index (χ0n) is 14.9. The summed E-state index contributed by atoms with van der Waals surface area (Å²) in [6.45, 7) is 0. The minimum Gasteiger partial charge on any atom is -0.379 e. The fourth-order valence-electron chi connectivity index (χ4n) is 3.35. The Bertz CT molecular complexity index is 977. The van der Waals surface area contributed by atoms with Gasteiger partial charge in [0.05, 0.1) is 6.04 Å². The summed E-state index contributed by atoms with van der Waals surface area (Å²) in [5.41, 5.74) is 10.1. The lowest BCUT2D eigenvalue weighted by atomic mass is 10.1. The van der Waals surface area contributed by atoms with Gasteiger partial charge in [-0.2, -0.15) is 0 Å². The molecule has 4 N–H and O–H groups in total. The van der Waals surface area contributed by atoms with Crippen LogP contribution in [-0.4, -0.2) is 21.8 Å². The number of fused-ring (bicyclic) bond motifs is 1. The van der Waals surface area contributed by atoms with Gasteiger partial charge in [-0.25, -0.2) is 0 Å². The molecule has 0 radical (unpaired) electrons. The van der Waals surface area contributed by atoms with E-state index in [0.717, 1.165) is 35.4 Å². The van der Waals surface area contributed by atoms with Gasteiger partial charge in [-0.15, -0.1) is 0 Å². The Hall–Kier alpha value is -2.73. The highest BCUT2D eigenvalue weighted by atomic mass is 32.2. The number of hydrogen-bond acceptors (Lipinski definition) is 4. The average Bonchev–Trinajstić information content (AvgIpc) is 3.29. The van der Waals surface area contributed by atoms with Gasteiger partial charge in [0, 0.05) is 35.0 Å². The number of hydrogen-bond donors (Lipinski definition) is 3. The number of rotatable bonds is 6. The lowest BCUT2D eigenvalue weighted by Gasteiger charge is -2.09. The van der Waals surface area contributed by atoms with Crippen LogP contribution in [0.1, 0.15) is 30.0 Å². The first-order valence-electron chi connectivity index (χ1n) is 9.10. The molecular formula is C21H22N4OS. The maximum atomic E-state index is 12.2. The van der Waals surface area contributed by atoms with E-state index in [-0.39, 0.29) is 11.9 Å². The maximum absolute atomic E-state index is 12.2. The maximum Gasteiger partial charge on any atom is 0.224 e. The second-order valence-corrected chi connectivity index (χ2v) is 7.72. The van der Waals surface area contributed by atoms with Crippen molar-refractivity contribution in [3.8, 4) is 0 Å². The van der Waals surface area contributed by atoms with Gasteiger partial charge in [0.2, 0.25) is 5.91 Å². The van der Waals surface area contributed by atoms with Gasteiger partial charge in [-0.1, -0.05) is 42.1 Å². The summed E-state index contributed by atoms with van der Waals surface area (Å²) in [5, 5.41) is 4.86. The van der Waals surface area contributed by atoms with Crippen molar-refractivity contribution in [2.24, 2.45) is 10.7 Å². The van der Waals surface area contributed by atoms with Crippen molar-refractivity contribution in [3.63, 3.8) is 0 Å². The van der Waals surface area contributed by atoms with Crippen molar-refractivity contribution in [2.45, 2.75) is 25.3 Å². The van der Waals surface area contributed by atoms with Crippen molar-refractivity contribution >= 4 is 39.4 Å². The fourth-order valence-corrected chi connectivity index (χ4v) is 4.15. The van der Waals surface area contributed by atoms with Gasteiger partial charge < -0.3 is 16.0 Å². The SMILES string of the molecule is NC1=NC(c2ccc(NC(=O)CCCc3c[nH]c4ccccc34)cc2)CS1. The molecule has 1 unspecified atom stereocenters. The molecule has 0 saturated carbocycles. The van der Waals surface area contributed by atoms with Crippen LogP contribution in [0.2, 0.25) is 0 Å². The Balaban J connectivity index is 1.28. The van der Waals surface area contributed by atoms with Crippen molar-refractivity contribution < 1.29 is 4.79 Å². The summed E-state index contributed by atoms with van der Waals surface area (Å²) in [6, 6.07) is 16.2. The third-order valence-corrected chi connectivity index (χ3v) is 5.66. The number of nitrogens with zero attached hydrogens (tertiary/aromatic N) is 1. The van der Waals surface area contributed by atoms with Gasteiger partial charge in [0.15, 0.2) is 5.17 Å². The van der Waals surface area contributed by atoms with E-state index in [1.165, 1.54) is 10.9 Å². The van der Waals surface area contributed by atoms with Gasteiger partial charge in [0.25, 0.3) is 0 Å². The monoisotopic (exact) mass is 378 g/mol. The number of aromatic nitrogens is 1. The molecule has 1 atom stereocenters. The fraction of sp³-hybridized carbons (Fsp3) is 0.238. The molecule has 138 valence electrons. The van der Waals surface area contributed by atoms with Crippen LogP contribution in [0.3, 0.4) is 0 Å². The molecule has 1 aliphatic rings. The molecule has 2 aromatic carbocycles. The Labute approximate surface area is 162 Å². The van der Waals surface area contributed by atoms with Crippen LogP contribution in [-0.2, 0) is 11.2 Å². The number of carbonyl (C=O) groups excluding carboxylic acids is 1. The highest BCUT2D eigenvalue weighted by molar-refractivity contribution is 8.14.